The van der Waals surface area contributed by atoms with Gasteiger partial charge in [-0.3, -0.25) is 0 Å². The van der Waals surface area contributed by atoms with Crippen molar-refractivity contribution in [1.29, 1.82) is 0 Å². The van der Waals surface area contributed by atoms with Crippen molar-refractivity contribution in [3.05, 3.63) is 40.6 Å². The maximum absolute atomic E-state index is 6.19. The third-order valence-electron chi connectivity index (χ3n) is 3.99. The van der Waals surface area contributed by atoms with Crippen molar-refractivity contribution in [2.75, 3.05) is 42.9 Å². The predicted molar refractivity (Wildman–Crippen MR) is 96.1 cm³/mol. The minimum Gasteiger partial charge on any atom is -0.354 e. The molecule has 2 heterocycles. The molecule has 0 atom stereocenters. The number of aromatic nitrogens is 2. The number of nitrogens with zero attached hydrogens (tertiary/aromatic N) is 4. The molecule has 3 rings (SSSR count). The van der Waals surface area contributed by atoms with E-state index in [-0.39, 0.29) is 0 Å². The molecule has 0 radical (unpaired) electrons. The average molecular weight is 352 g/mol. The zero-order chi connectivity index (χ0) is 16.2. The average Bonchev–Trinajstić information content (AvgIpc) is 2.58. The fourth-order valence-electron chi connectivity index (χ4n) is 2.61. The van der Waals surface area contributed by atoms with Crippen LogP contribution in [0.3, 0.4) is 0 Å². The Morgan fingerprint density at radius 3 is 2.57 bits per heavy atom. The summed E-state index contributed by atoms with van der Waals surface area (Å²) in [6.07, 6.45) is 1.58. The van der Waals surface area contributed by atoms with Crippen LogP contribution in [0.4, 0.5) is 17.3 Å². The van der Waals surface area contributed by atoms with Gasteiger partial charge in [0.25, 0.3) is 0 Å². The molecule has 1 aliphatic heterocycles. The lowest BCUT2D eigenvalue weighted by molar-refractivity contribution is 0.270. The summed E-state index contributed by atoms with van der Waals surface area (Å²) in [5, 5.41) is 4.39. The first-order valence-electron chi connectivity index (χ1n) is 7.67. The SMILES string of the molecule is CCN1CCN(c2cc(Nc3ccc(Cl)cc3Cl)ncn2)CC1. The van der Waals surface area contributed by atoms with Crippen molar-refractivity contribution in [2.24, 2.45) is 0 Å². The van der Waals surface area contributed by atoms with Gasteiger partial charge in [-0.25, -0.2) is 9.97 Å². The summed E-state index contributed by atoms with van der Waals surface area (Å²) in [6.45, 7) is 7.37. The first-order valence-corrected chi connectivity index (χ1v) is 8.42. The quantitative estimate of drug-likeness (QED) is 0.910. The van der Waals surface area contributed by atoms with Gasteiger partial charge < -0.3 is 15.1 Å². The molecule has 0 unspecified atom stereocenters. The van der Waals surface area contributed by atoms with E-state index in [1.165, 1.54) is 0 Å². The molecule has 23 heavy (non-hydrogen) atoms. The Balaban J connectivity index is 1.72. The van der Waals surface area contributed by atoms with E-state index in [4.69, 9.17) is 23.2 Å². The highest BCUT2D eigenvalue weighted by atomic mass is 35.5. The van der Waals surface area contributed by atoms with Gasteiger partial charge in [0.15, 0.2) is 0 Å². The molecule has 0 amide bonds. The van der Waals surface area contributed by atoms with Crippen LogP contribution < -0.4 is 10.2 Å². The second-order valence-electron chi connectivity index (χ2n) is 5.43. The molecule has 0 bridgehead atoms. The van der Waals surface area contributed by atoms with Gasteiger partial charge >= 0.3 is 0 Å². The highest BCUT2D eigenvalue weighted by molar-refractivity contribution is 6.36. The van der Waals surface area contributed by atoms with Gasteiger partial charge in [-0.05, 0) is 24.7 Å². The first-order chi connectivity index (χ1) is 11.2. The van der Waals surface area contributed by atoms with Crippen molar-refractivity contribution < 1.29 is 0 Å². The smallest absolute Gasteiger partial charge is 0.135 e. The Labute approximate surface area is 146 Å². The molecule has 1 N–H and O–H groups in total. The number of rotatable bonds is 4. The number of anilines is 3. The molecule has 0 aliphatic carbocycles. The summed E-state index contributed by atoms with van der Waals surface area (Å²) in [4.78, 5) is 13.4. The lowest BCUT2D eigenvalue weighted by Gasteiger charge is -2.34. The van der Waals surface area contributed by atoms with Gasteiger partial charge in [-0.15, -0.1) is 0 Å². The molecule has 122 valence electrons. The topological polar surface area (TPSA) is 44.3 Å². The van der Waals surface area contributed by atoms with Crippen LogP contribution in [-0.4, -0.2) is 47.6 Å². The van der Waals surface area contributed by atoms with Gasteiger partial charge in [0.1, 0.15) is 18.0 Å². The molecular formula is C16H19Cl2N5. The van der Waals surface area contributed by atoms with Gasteiger partial charge in [0, 0.05) is 37.3 Å². The molecule has 2 aromatic rings. The number of hydrogen-bond donors (Lipinski definition) is 1. The highest BCUT2D eigenvalue weighted by Crippen LogP contribution is 2.28. The summed E-state index contributed by atoms with van der Waals surface area (Å²) in [5.41, 5.74) is 0.775. The molecule has 1 saturated heterocycles. The fourth-order valence-corrected chi connectivity index (χ4v) is 3.07. The Bertz CT molecular complexity index is 671. The van der Waals surface area contributed by atoms with Crippen LogP contribution in [0.5, 0.6) is 0 Å². The summed E-state index contributed by atoms with van der Waals surface area (Å²) in [5.74, 6) is 1.65. The summed E-state index contributed by atoms with van der Waals surface area (Å²) >= 11 is 12.1. The van der Waals surface area contributed by atoms with Gasteiger partial charge in [-0.1, -0.05) is 30.1 Å². The molecule has 0 spiro atoms. The summed E-state index contributed by atoms with van der Waals surface area (Å²) in [6, 6.07) is 7.29. The fraction of sp³-hybridized carbons (Fsp3) is 0.375. The van der Waals surface area contributed by atoms with Crippen LogP contribution in [-0.2, 0) is 0 Å². The van der Waals surface area contributed by atoms with Crippen LogP contribution in [0.2, 0.25) is 10.0 Å². The largest absolute Gasteiger partial charge is 0.354 e. The van der Waals surface area contributed by atoms with Crippen molar-refractivity contribution in [1.82, 2.24) is 14.9 Å². The van der Waals surface area contributed by atoms with Gasteiger partial charge in [0.05, 0.1) is 10.7 Å². The van der Waals surface area contributed by atoms with E-state index >= 15 is 0 Å². The number of hydrogen-bond acceptors (Lipinski definition) is 5. The number of likely N-dealkylation sites (N-methyl/N-ethyl adjacent to an activating group) is 1. The summed E-state index contributed by atoms with van der Waals surface area (Å²) in [7, 11) is 0. The van der Waals surface area contributed by atoms with E-state index < -0.39 is 0 Å². The Morgan fingerprint density at radius 1 is 1.09 bits per heavy atom. The lowest BCUT2D eigenvalue weighted by atomic mass is 10.3. The second-order valence-corrected chi connectivity index (χ2v) is 6.28. The van der Waals surface area contributed by atoms with Crippen molar-refractivity contribution >= 4 is 40.5 Å². The normalized spacial score (nSPS) is 15.7. The number of halogens is 2. The molecule has 5 nitrogen and oxygen atoms in total. The minimum atomic E-state index is 0.564. The lowest BCUT2D eigenvalue weighted by Crippen LogP contribution is -2.46. The maximum atomic E-state index is 6.19. The van der Waals surface area contributed by atoms with Crippen LogP contribution in [0, 0.1) is 0 Å². The standard InChI is InChI=1S/C16H19Cl2N5/c1-2-22-5-7-23(8-6-22)16-10-15(19-11-20-16)21-14-4-3-12(17)9-13(14)18/h3-4,9-11H,2,5-8H2,1H3,(H,19,20,21). The van der Waals surface area contributed by atoms with Crippen LogP contribution in [0.15, 0.2) is 30.6 Å². The van der Waals surface area contributed by atoms with Crippen molar-refractivity contribution in [3.63, 3.8) is 0 Å². The third-order valence-corrected chi connectivity index (χ3v) is 4.54. The third kappa shape index (κ3) is 4.05. The van der Waals surface area contributed by atoms with Crippen LogP contribution in [0.25, 0.3) is 0 Å². The molecular weight excluding hydrogens is 333 g/mol. The molecule has 0 saturated carbocycles. The number of benzene rings is 1. The van der Waals surface area contributed by atoms with Crippen LogP contribution in [0.1, 0.15) is 6.92 Å². The molecule has 7 heteroatoms. The maximum Gasteiger partial charge on any atom is 0.135 e. The Kier molecular flexibility index (Phi) is 5.20. The van der Waals surface area contributed by atoms with E-state index in [9.17, 15) is 0 Å². The Hall–Kier alpha value is -1.56. The predicted octanol–water partition coefficient (Wildman–Crippen LogP) is 3.67. The monoisotopic (exact) mass is 351 g/mol. The van der Waals surface area contributed by atoms with E-state index in [1.807, 2.05) is 12.1 Å². The zero-order valence-electron chi connectivity index (χ0n) is 13.0. The van der Waals surface area contributed by atoms with Crippen molar-refractivity contribution in [3.8, 4) is 0 Å². The highest BCUT2D eigenvalue weighted by Gasteiger charge is 2.17. The Morgan fingerprint density at radius 2 is 1.87 bits per heavy atom. The number of nitrogens with one attached hydrogen (secondary N) is 1. The van der Waals surface area contributed by atoms with E-state index in [1.54, 1.807) is 18.5 Å². The van der Waals surface area contributed by atoms with E-state index in [0.717, 1.165) is 50.0 Å². The van der Waals surface area contributed by atoms with E-state index in [0.29, 0.717) is 10.0 Å². The molecule has 1 aromatic carbocycles. The second kappa shape index (κ2) is 7.34. The molecule has 1 aromatic heterocycles. The first kappa shape index (κ1) is 16.3. The van der Waals surface area contributed by atoms with Gasteiger partial charge in [0.2, 0.25) is 0 Å². The summed E-state index contributed by atoms with van der Waals surface area (Å²) < 4.78 is 0. The van der Waals surface area contributed by atoms with Gasteiger partial charge in [-0.2, -0.15) is 0 Å². The van der Waals surface area contributed by atoms with Crippen molar-refractivity contribution in [2.45, 2.75) is 6.92 Å². The number of piperazine rings is 1. The molecule has 1 aliphatic rings. The zero-order valence-corrected chi connectivity index (χ0v) is 14.5. The molecule has 1 fully saturated rings. The van der Waals surface area contributed by atoms with Crippen LogP contribution >= 0.6 is 23.2 Å². The minimum absolute atomic E-state index is 0.564. The van der Waals surface area contributed by atoms with E-state index in [2.05, 4.69) is 32.0 Å².